The molecular formula is C19H12N6O2. The lowest BCUT2D eigenvalue weighted by atomic mass is 10.2. The van der Waals surface area contributed by atoms with Crippen molar-refractivity contribution in [1.29, 1.82) is 5.26 Å². The van der Waals surface area contributed by atoms with Gasteiger partial charge in [0.15, 0.2) is 0 Å². The highest BCUT2D eigenvalue weighted by atomic mass is 16.6. The van der Waals surface area contributed by atoms with Crippen molar-refractivity contribution in [3.05, 3.63) is 82.8 Å². The van der Waals surface area contributed by atoms with E-state index < -0.39 is 4.92 Å². The van der Waals surface area contributed by atoms with Gasteiger partial charge in [0.2, 0.25) is 5.82 Å². The minimum Gasteiger partial charge on any atom is -0.334 e. The molecule has 0 amide bonds. The van der Waals surface area contributed by atoms with E-state index in [9.17, 15) is 10.1 Å². The van der Waals surface area contributed by atoms with E-state index >= 15 is 0 Å². The third kappa shape index (κ3) is 2.94. The third-order valence-electron chi connectivity index (χ3n) is 4.07. The molecule has 0 radical (unpaired) electrons. The van der Waals surface area contributed by atoms with Crippen molar-refractivity contribution in [2.45, 2.75) is 0 Å². The van der Waals surface area contributed by atoms with Crippen molar-refractivity contribution in [1.82, 2.24) is 14.5 Å². The summed E-state index contributed by atoms with van der Waals surface area (Å²) in [5.74, 6) is 0.0147. The molecule has 0 spiro atoms. The van der Waals surface area contributed by atoms with E-state index in [2.05, 4.69) is 15.3 Å². The fourth-order valence-corrected chi connectivity index (χ4v) is 2.84. The number of para-hydroxylation sites is 1. The largest absolute Gasteiger partial charge is 0.334 e. The SMILES string of the molecule is N#Cc1ccnc(Nc2ccc3c(c2)ncn3-c2ccccc2)c1[N+](=O)[O-]. The average Bonchev–Trinajstić information content (AvgIpc) is 3.11. The van der Waals surface area contributed by atoms with Crippen LogP contribution in [0.5, 0.6) is 0 Å². The second-order valence-electron chi connectivity index (χ2n) is 5.70. The summed E-state index contributed by atoms with van der Waals surface area (Å²) >= 11 is 0. The quantitative estimate of drug-likeness (QED) is 0.438. The number of hydrogen-bond acceptors (Lipinski definition) is 6. The van der Waals surface area contributed by atoms with Gasteiger partial charge >= 0.3 is 5.69 Å². The first-order chi connectivity index (χ1) is 13.2. The van der Waals surface area contributed by atoms with Gasteiger partial charge in [-0.2, -0.15) is 5.26 Å². The predicted molar refractivity (Wildman–Crippen MR) is 100.0 cm³/mol. The first-order valence-electron chi connectivity index (χ1n) is 8.00. The van der Waals surface area contributed by atoms with Gasteiger partial charge in [-0.15, -0.1) is 0 Å². The van der Waals surface area contributed by atoms with Crippen LogP contribution < -0.4 is 5.32 Å². The highest BCUT2D eigenvalue weighted by Crippen LogP contribution is 2.30. The Bertz CT molecular complexity index is 1190. The van der Waals surface area contributed by atoms with Crippen LogP contribution in [0.15, 0.2) is 67.1 Å². The summed E-state index contributed by atoms with van der Waals surface area (Å²) in [6, 6.07) is 18.4. The molecular weight excluding hydrogens is 344 g/mol. The number of fused-ring (bicyclic) bond motifs is 1. The number of aromatic nitrogens is 3. The van der Waals surface area contributed by atoms with E-state index in [0.29, 0.717) is 5.69 Å². The van der Waals surface area contributed by atoms with Crippen molar-refractivity contribution < 1.29 is 4.92 Å². The van der Waals surface area contributed by atoms with E-state index in [1.54, 1.807) is 18.5 Å². The molecule has 4 rings (SSSR count). The van der Waals surface area contributed by atoms with E-state index in [1.165, 1.54) is 12.3 Å². The number of hydrogen-bond donors (Lipinski definition) is 1. The molecule has 0 bridgehead atoms. The van der Waals surface area contributed by atoms with Crippen molar-refractivity contribution in [2.24, 2.45) is 0 Å². The van der Waals surface area contributed by atoms with Gasteiger partial charge < -0.3 is 5.32 Å². The Labute approximate surface area is 153 Å². The van der Waals surface area contributed by atoms with E-state index in [1.807, 2.05) is 47.0 Å². The zero-order valence-corrected chi connectivity index (χ0v) is 13.9. The van der Waals surface area contributed by atoms with Crippen LogP contribution in [0.3, 0.4) is 0 Å². The van der Waals surface area contributed by atoms with Crippen molar-refractivity contribution >= 4 is 28.2 Å². The minimum absolute atomic E-state index is 0.0147. The standard InChI is InChI=1S/C19H12N6O2/c20-11-13-8-9-21-19(18(13)25(26)27)23-14-6-7-17-16(10-14)22-12-24(17)15-4-2-1-3-5-15/h1-10,12H,(H,21,23). The lowest BCUT2D eigenvalue weighted by Gasteiger charge is -2.08. The van der Waals surface area contributed by atoms with Gasteiger partial charge in [0.25, 0.3) is 0 Å². The maximum atomic E-state index is 11.3. The van der Waals surface area contributed by atoms with Gasteiger partial charge in [-0.1, -0.05) is 18.2 Å². The molecule has 8 nitrogen and oxygen atoms in total. The molecule has 27 heavy (non-hydrogen) atoms. The van der Waals surface area contributed by atoms with Crippen LogP contribution in [0.25, 0.3) is 16.7 Å². The molecule has 130 valence electrons. The molecule has 4 aromatic rings. The number of nitriles is 1. The normalized spacial score (nSPS) is 10.5. The molecule has 0 aliphatic rings. The number of pyridine rings is 1. The Hall–Kier alpha value is -4.25. The first kappa shape index (κ1) is 16.2. The fourth-order valence-electron chi connectivity index (χ4n) is 2.84. The molecule has 0 saturated heterocycles. The molecule has 1 N–H and O–H groups in total. The molecule has 0 atom stereocenters. The van der Waals surface area contributed by atoms with Crippen LogP contribution >= 0.6 is 0 Å². The minimum atomic E-state index is -0.615. The first-order valence-corrected chi connectivity index (χ1v) is 8.00. The van der Waals surface area contributed by atoms with Crippen LogP contribution in [-0.2, 0) is 0 Å². The maximum absolute atomic E-state index is 11.3. The Balaban J connectivity index is 1.73. The Morgan fingerprint density at radius 3 is 2.67 bits per heavy atom. The predicted octanol–water partition coefficient (Wildman–Crippen LogP) is 3.94. The van der Waals surface area contributed by atoms with Gasteiger partial charge in [0.05, 0.1) is 16.0 Å². The van der Waals surface area contributed by atoms with Crippen molar-refractivity contribution in [3.8, 4) is 11.8 Å². The Morgan fingerprint density at radius 1 is 1.11 bits per heavy atom. The molecule has 0 unspecified atom stereocenters. The van der Waals surface area contributed by atoms with Gasteiger partial charge in [-0.3, -0.25) is 14.7 Å². The Morgan fingerprint density at radius 2 is 1.93 bits per heavy atom. The van der Waals surface area contributed by atoms with Gasteiger partial charge in [0.1, 0.15) is 18.0 Å². The molecule has 2 aromatic heterocycles. The molecule has 0 aliphatic heterocycles. The van der Waals surface area contributed by atoms with Gasteiger partial charge in [0, 0.05) is 17.6 Å². The number of nitrogens with zero attached hydrogens (tertiary/aromatic N) is 5. The Kier molecular flexibility index (Phi) is 3.95. The summed E-state index contributed by atoms with van der Waals surface area (Å²) in [4.78, 5) is 19.1. The zero-order chi connectivity index (χ0) is 18.8. The number of nitro groups is 1. The van der Waals surface area contributed by atoms with E-state index in [-0.39, 0.29) is 17.1 Å². The van der Waals surface area contributed by atoms with E-state index in [4.69, 9.17) is 5.26 Å². The van der Waals surface area contributed by atoms with Crippen LogP contribution in [0.1, 0.15) is 5.56 Å². The van der Waals surface area contributed by atoms with E-state index in [0.717, 1.165) is 16.7 Å². The molecule has 0 saturated carbocycles. The lowest BCUT2D eigenvalue weighted by molar-refractivity contribution is -0.384. The summed E-state index contributed by atoms with van der Waals surface area (Å²) in [6.45, 7) is 0. The van der Waals surface area contributed by atoms with Gasteiger partial charge in [-0.05, 0) is 36.4 Å². The van der Waals surface area contributed by atoms with Crippen LogP contribution in [0.4, 0.5) is 17.2 Å². The number of rotatable bonds is 4. The summed E-state index contributed by atoms with van der Waals surface area (Å²) in [7, 11) is 0. The van der Waals surface area contributed by atoms with Crippen molar-refractivity contribution in [2.75, 3.05) is 5.32 Å². The monoisotopic (exact) mass is 356 g/mol. The number of imidazole rings is 1. The second kappa shape index (κ2) is 6.57. The smallest absolute Gasteiger partial charge is 0.329 e. The number of anilines is 2. The third-order valence-corrected chi connectivity index (χ3v) is 4.07. The topological polar surface area (TPSA) is 110 Å². The molecule has 2 heterocycles. The highest BCUT2D eigenvalue weighted by Gasteiger charge is 2.21. The highest BCUT2D eigenvalue weighted by molar-refractivity contribution is 5.83. The summed E-state index contributed by atoms with van der Waals surface area (Å²) in [6.07, 6.45) is 3.08. The number of nitrogens with one attached hydrogen (secondary N) is 1. The lowest BCUT2D eigenvalue weighted by Crippen LogP contribution is -2.02. The van der Waals surface area contributed by atoms with Gasteiger partial charge in [-0.25, -0.2) is 9.97 Å². The summed E-state index contributed by atoms with van der Waals surface area (Å²) < 4.78 is 1.95. The second-order valence-corrected chi connectivity index (χ2v) is 5.70. The average molecular weight is 356 g/mol. The van der Waals surface area contributed by atoms with Crippen molar-refractivity contribution in [3.63, 3.8) is 0 Å². The fraction of sp³-hybridized carbons (Fsp3) is 0. The van der Waals surface area contributed by atoms with Crippen LogP contribution in [-0.4, -0.2) is 19.5 Å². The molecule has 2 aromatic carbocycles. The summed E-state index contributed by atoms with van der Waals surface area (Å²) in [5, 5.41) is 23.3. The maximum Gasteiger partial charge on any atom is 0.329 e. The van der Waals surface area contributed by atoms with Crippen LogP contribution in [0, 0.1) is 21.4 Å². The number of benzene rings is 2. The molecule has 0 fully saturated rings. The summed E-state index contributed by atoms with van der Waals surface area (Å²) in [5.41, 5.74) is 2.80. The van der Waals surface area contributed by atoms with Crippen LogP contribution in [0.2, 0.25) is 0 Å². The molecule has 8 heteroatoms. The zero-order valence-electron chi connectivity index (χ0n) is 13.9. The molecule has 0 aliphatic carbocycles.